The molecule has 1 unspecified atom stereocenters. The fourth-order valence-electron chi connectivity index (χ4n) is 2.28. The highest BCUT2D eigenvalue weighted by molar-refractivity contribution is 8.14. The Hall–Kier alpha value is -0.620. The smallest absolute Gasteiger partial charge is 0.226 e. The summed E-state index contributed by atoms with van der Waals surface area (Å²) in [7, 11) is 2.01. The molecule has 1 heterocycles. The molecular weight excluding hydrogens is 377 g/mol. The highest BCUT2D eigenvalue weighted by Crippen LogP contribution is 2.30. The van der Waals surface area contributed by atoms with Gasteiger partial charge in [-0.1, -0.05) is 35.0 Å². The molecule has 1 aromatic carbocycles. The molecule has 0 bridgehead atoms. The second-order valence-corrected chi connectivity index (χ2v) is 7.49. The molecule has 2 fully saturated rings. The standard InChI is InChI=1S/C15H17Cl2N3OS.ClH/c1-20-13(8-22-15(20)19-11-2-3-11)7-14(21)18-12-5-9(16)4-10(17)6-12;/h4-6,11,13H,2-3,7-8H2,1H3,(H,18,21);1H/b19-15-;. The van der Waals surface area contributed by atoms with Gasteiger partial charge in [0.15, 0.2) is 5.17 Å². The van der Waals surface area contributed by atoms with Gasteiger partial charge in [0.05, 0.1) is 6.04 Å². The molecule has 3 rings (SSSR count). The van der Waals surface area contributed by atoms with Crippen LogP contribution >= 0.6 is 47.4 Å². The maximum absolute atomic E-state index is 12.2. The summed E-state index contributed by atoms with van der Waals surface area (Å²) in [6.07, 6.45) is 2.81. The lowest BCUT2D eigenvalue weighted by molar-refractivity contribution is -0.116. The lowest BCUT2D eigenvalue weighted by Gasteiger charge is -2.20. The van der Waals surface area contributed by atoms with Gasteiger partial charge in [-0.3, -0.25) is 9.79 Å². The van der Waals surface area contributed by atoms with Crippen molar-refractivity contribution in [3.05, 3.63) is 28.2 Å². The van der Waals surface area contributed by atoms with Crippen LogP contribution < -0.4 is 5.32 Å². The topological polar surface area (TPSA) is 44.7 Å². The lowest BCUT2D eigenvalue weighted by atomic mass is 10.2. The molecule has 1 atom stereocenters. The molecule has 1 aliphatic heterocycles. The van der Waals surface area contributed by atoms with E-state index in [1.807, 2.05) is 7.05 Å². The number of thioether (sulfide) groups is 1. The summed E-state index contributed by atoms with van der Waals surface area (Å²) in [6, 6.07) is 5.71. The summed E-state index contributed by atoms with van der Waals surface area (Å²) in [5.41, 5.74) is 0.627. The van der Waals surface area contributed by atoms with Gasteiger partial charge in [-0.25, -0.2) is 0 Å². The minimum atomic E-state index is -0.0385. The first-order valence-electron chi connectivity index (χ1n) is 7.20. The van der Waals surface area contributed by atoms with E-state index >= 15 is 0 Å². The highest BCUT2D eigenvalue weighted by atomic mass is 35.5. The average molecular weight is 395 g/mol. The SMILES string of the molecule is CN1/C(=N/C2CC2)SCC1CC(=O)Nc1cc(Cl)cc(Cl)c1.Cl. The Kier molecular flexibility index (Phi) is 6.48. The zero-order valence-corrected chi connectivity index (χ0v) is 15.7. The zero-order valence-electron chi connectivity index (χ0n) is 12.6. The predicted octanol–water partition coefficient (Wildman–Crippen LogP) is 4.31. The lowest BCUT2D eigenvalue weighted by Crippen LogP contribution is -2.33. The van der Waals surface area contributed by atoms with Crippen molar-refractivity contribution in [2.75, 3.05) is 18.1 Å². The Bertz CT molecular complexity index is 602. The van der Waals surface area contributed by atoms with Gasteiger partial charge in [-0.05, 0) is 31.0 Å². The van der Waals surface area contributed by atoms with E-state index in [9.17, 15) is 4.79 Å². The van der Waals surface area contributed by atoms with E-state index in [1.165, 1.54) is 12.8 Å². The number of nitrogens with one attached hydrogen (secondary N) is 1. The first-order valence-corrected chi connectivity index (χ1v) is 8.95. The fourth-order valence-corrected chi connectivity index (χ4v) is 4.06. The highest BCUT2D eigenvalue weighted by Gasteiger charge is 2.31. The van der Waals surface area contributed by atoms with Gasteiger partial charge in [0.25, 0.3) is 0 Å². The summed E-state index contributed by atoms with van der Waals surface area (Å²) < 4.78 is 0. The van der Waals surface area contributed by atoms with Gasteiger partial charge in [-0.2, -0.15) is 0 Å². The van der Waals surface area contributed by atoms with Gasteiger partial charge < -0.3 is 10.2 Å². The maximum Gasteiger partial charge on any atom is 0.226 e. The number of hydrogen-bond acceptors (Lipinski definition) is 3. The second-order valence-electron chi connectivity index (χ2n) is 5.63. The summed E-state index contributed by atoms with van der Waals surface area (Å²) >= 11 is 13.6. The molecule has 0 spiro atoms. The third-order valence-electron chi connectivity index (χ3n) is 3.66. The minimum absolute atomic E-state index is 0. The maximum atomic E-state index is 12.2. The third kappa shape index (κ3) is 5.18. The molecule has 0 aromatic heterocycles. The van der Waals surface area contributed by atoms with Gasteiger partial charge in [-0.15, -0.1) is 12.4 Å². The summed E-state index contributed by atoms with van der Waals surface area (Å²) in [5, 5.41) is 4.94. The molecule has 1 saturated carbocycles. The number of benzene rings is 1. The molecule has 126 valence electrons. The largest absolute Gasteiger partial charge is 0.350 e. The van der Waals surface area contributed by atoms with Crippen molar-refractivity contribution in [1.82, 2.24) is 4.90 Å². The number of hydrogen-bond donors (Lipinski definition) is 1. The van der Waals surface area contributed by atoms with E-state index in [-0.39, 0.29) is 24.4 Å². The van der Waals surface area contributed by atoms with Crippen LogP contribution in [0.5, 0.6) is 0 Å². The van der Waals surface area contributed by atoms with Crippen molar-refractivity contribution < 1.29 is 4.79 Å². The van der Waals surface area contributed by atoms with Crippen LogP contribution in [0.4, 0.5) is 5.69 Å². The van der Waals surface area contributed by atoms with Gasteiger partial charge in [0, 0.05) is 41.0 Å². The Labute approximate surface area is 156 Å². The van der Waals surface area contributed by atoms with E-state index in [4.69, 9.17) is 23.2 Å². The molecule has 23 heavy (non-hydrogen) atoms. The number of nitrogens with zero attached hydrogens (tertiary/aromatic N) is 2. The number of halogens is 3. The number of carbonyl (C=O) groups is 1. The van der Waals surface area contributed by atoms with Gasteiger partial charge >= 0.3 is 0 Å². The fraction of sp³-hybridized carbons (Fsp3) is 0.467. The quantitative estimate of drug-likeness (QED) is 0.827. The third-order valence-corrected chi connectivity index (χ3v) is 5.30. The Morgan fingerprint density at radius 2 is 2.00 bits per heavy atom. The molecule has 1 aromatic rings. The van der Waals surface area contributed by atoms with E-state index in [1.54, 1.807) is 30.0 Å². The molecular formula is C15H18Cl3N3OS. The molecule has 1 saturated heterocycles. The van der Waals surface area contributed by atoms with Crippen molar-refractivity contribution >= 4 is 64.1 Å². The molecule has 2 aliphatic rings. The van der Waals surface area contributed by atoms with Gasteiger partial charge in [0.2, 0.25) is 5.91 Å². The van der Waals surface area contributed by atoms with Gasteiger partial charge in [0.1, 0.15) is 0 Å². The molecule has 0 radical (unpaired) electrons. The van der Waals surface area contributed by atoms with Crippen LogP contribution in [-0.4, -0.2) is 40.9 Å². The van der Waals surface area contributed by atoms with E-state index in [0.29, 0.717) is 28.2 Å². The van der Waals surface area contributed by atoms with Crippen LogP contribution in [0.15, 0.2) is 23.2 Å². The number of anilines is 1. The first kappa shape index (κ1) is 18.7. The monoisotopic (exact) mass is 393 g/mol. The van der Waals surface area contributed by atoms with Crippen molar-refractivity contribution in [2.24, 2.45) is 4.99 Å². The van der Waals surface area contributed by atoms with E-state index in [0.717, 1.165) is 10.9 Å². The molecule has 1 N–H and O–H groups in total. The number of aliphatic imine (C=N–C) groups is 1. The number of carbonyl (C=O) groups excluding carboxylic acids is 1. The minimum Gasteiger partial charge on any atom is -0.350 e. The Balaban J connectivity index is 0.00000192. The predicted molar refractivity (Wildman–Crippen MR) is 101 cm³/mol. The number of amides is 1. The van der Waals surface area contributed by atoms with Crippen LogP contribution in [0.2, 0.25) is 10.0 Å². The van der Waals surface area contributed by atoms with Crippen molar-refractivity contribution in [3.63, 3.8) is 0 Å². The van der Waals surface area contributed by atoms with Crippen LogP contribution in [-0.2, 0) is 4.79 Å². The number of amidine groups is 1. The van der Waals surface area contributed by atoms with Crippen LogP contribution in [0, 0.1) is 0 Å². The molecule has 1 aliphatic carbocycles. The summed E-state index contributed by atoms with van der Waals surface area (Å²) in [4.78, 5) is 19.0. The summed E-state index contributed by atoms with van der Waals surface area (Å²) in [6.45, 7) is 0. The molecule has 4 nitrogen and oxygen atoms in total. The van der Waals surface area contributed by atoms with Crippen molar-refractivity contribution in [1.29, 1.82) is 0 Å². The van der Waals surface area contributed by atoms with Crippen LogP contribution in [0.3, 0.4) is 0 Å². The Morgan fingerprint density at radius 3 is 2.61 bits per heavy atom. The Morgan fingerprint density at radius 1 is 1.35 bits per heavy atom. The normalized spacial score (nSPS) is 22.1. The number of rotatable bonds is 4. The molecule has 8 heteroatoms. The summed E-state index contributed by atoms with van der Waals surface area (Å²) in [5.74, 6) is 0.856. The zero-order chi connectivity index (χ0) is 15.7. The van der Waals surface area contributed by atoms with E-state index < -0.39 is 0 Å². The second kappa shape index (κ2) is 7.97. The van der Waals surface area contributed by atoms with E-state index in [2.05, 4.69) is 15.2 Å². The van der Waals surface area contributed by atoms with Crippen LogP contribution in [0.1, 0.15) is 19.3 Å². The van der Waals surface area contributed by atoms with Crippen molar-refractivity contribution in [2.45, 2.75) is 31.3 Å². The molecule has 1 amide bonds. The van der Waals surface area contributed by atoms with Crippen molar-refractivity contribution in [3.8, 4) is 0 Å². The average Bonchev–Trinajstić information content (AvgIpc) is 3.17. The first-order chi connectivity index (χ1) is 10.5. The van der Waals surface area contributed by atoms with Crippen LogP contribution in [0.25, 0.3) is 0 Å².